The molecule has 2 fully saturated rings. The van der Waals surface area contributed by atoms with Crippen molar-refractivity contribution in [1.82, 2.24) is 29.4 Å². The number of carbonyl (C=O) groups is 1. The lowest BCUT2D eigenvalue weighted by atomic mass is 9.87. The van der Waals surface area contributed by atoms with Crippen LogP contribution in [0.3, 0.4) is 0 Å². The second kappa shape index (κ2) is 10.6. The smallest absolute Gasteiger partial charge is 0.236 e. The average Bonchev–Trinajstić information content (AvgIpc) is 3.58. The van der Waals surface area contributed by atoms with Gasteiger partial charge in [-0.1, -0.05) is 19.9 Å². The van der Waals surface area contributed by atoms with Crippen molar-refractivity contribution >= 4 is 28.1 Å². The largest absolute Gasteiger partial charge is 0.378 e. The van der Waals surface area contributed by atoms with E-state index in [1.54, 1.807) is 11.2 Å². The standard InChI is InChI=1S/C30H39N7O2/c1-20(2)28-24-15-22(21-7-9-35(10-8-21)18-27(38)34(3)4)5-6-25(24)33-29(28)23-16-26(36-11-13-39-14-12-36)30-31-19-32-37(30)17-23/h5-6,15-17,19-21,33H,7-14,18H2,1-4H3. The molecule has 0 unspecified atom stereocenters. The minimum absolute atomic E-state index is 0.178. The Morgan fingerprint density at radius 1 is 1.13 bits per heavy atom. The molecule has 0 spiro atoms. The molecule has 0 radical (unpaired) electrons. The molecule has 9 nitrogen and oxygen atoms in total. The van der Waals surface area contributed by atoms with Crippen LogP contribution in [0.5, 0.6) is 0 Å². The molecule has 2 aliphatic heterocycles. The number of hydrogen-bond donors (Lipinski definition) is 1. The Kier molecular flexibility index (Phi) is 7.03. The van der Waals surface area contributed by atoms with Gasteiger partial charge in [-0.15, -0.1) is 0 Å². The summed E-state index contributed by atoms with van der Waals surface area (Å²) in [5, 5.41) is 5.80. The molecule has 4 aromatic rings. The number of aromatic amines is 1. The maximum atomic E-state index is 12.2. The number of aromatic nitrogens is 4. The monoisotopic (exact) mass is 529 g/mol. The number of anilines is 1. The van der Waals surface area contributed by atoms with Gasteiger partial charge in [-0.3, -0.25) is 9.69 Å². The van der Waals surface area contributed by atoms with E-state index >= 15 is 0 Å². The van der Waals surface area contributed by atoms with Gasteiger partial charge < -0.3 is 19.5 Å². The van der Waals surface area contributed by atoms with Crippen LogP contribution in [0, 0.1) is 0 Å². The topological polar surface area (TPSA) is 82.0 Å². The van der Waals surface area contributed by atoms with E-state index in [1.165, 1.54) is 16.5 Å². The number of benzene rings is 1. The van der Waals surface area contributed by atoms with E-state index in [9.17, 15) is 4.79 Å². The van der Waals surface area contributed by atoms with Crippen LogP contribution in [0.4, 0.5) is 5.69 Å². The summed E-state index contributed by atoms with van der Waals surface area (Å²) in [6, 6.07) is 9.21. The SMILES string of the molecule is CC(C)c1c(-c2cc(N3CCOCC3)c3ncnn3c2)[nH]c2ccc(C3CCN(CC(=O)N(C)C)CC3)cc12. The molecule has 2 aliphatic rings. The van der Waals surface area contributed by atoms with Gasteiger partial charge in [-0.2, -0.15) is 5.10 Å². The number of morpholine rings is 1. The minimum Gasteiger partial charge on any atom is -0.378 e. The summed E-state index contributed by atoms with van der Waals surface area (Å²) in [6.07, 6.45) is 5.87. The molecule has 0 atom stereocenters. The number of piperidine rings is 1. The predicted octanol–water partition coefficient (Wildman–Crippen LogP) is 4.11. The molecule has 1 amide bonds. The minimum atomic E-state index is 0.178. The molecular weight excluding hydrogens is 490 g/mol. The predicted molar refractivity (Wildman–Crippen MR) is 155 cm³/mol. The number of carbonyl (C=O) groups excluding carboxylic acids is 1. The number of nitrogens with one attached hydrogen (secondary N) is 1. The summed E-state index contributed by atoms with van der Waals surface area (Å²) >= 11 is 0. The number of pyridine rings is 1. The number of fused-ring (bicyclic) bond motifs is 2. The second-order valence-electron chi connectivity index (χ2n) is 11.5. The first-order valence-corrected chi connectivity index (χ1v) is 14.1. The summed E-state index contributed by atoms with van der Waals surface area (Å²) in [5.41, 5.74) is 8.15. The highest BCUT2D eigenvalue weighted by Crippen LogP contribution is 2.39. The number of ether oxygens (including phenoxy) is 1. The summed E-state index contributed by atoms with van der Waals surface area (Å²) in [6.45, 7) is 10.1. The Hall–Kier alpha value is -3.43. The van der Waals surface area contributed by atoms with Gasteiger partial charge in [0.1, 0.15) is 6.33 Å². The van der Waals surface area contributed by atoms with Crippen LogP contribution in [0.25, 0.3) is 27.8 Å². The van der Waals surface area contributed by atoms with Crippen molar-refractivity contribution in [2.75, 3.05) is 64.9 Å². The number of rotatable bonds is 6. The molecule has 9 heteroatoms. The summed E-state index contributed by atoms with van der Waals surface area (Å²) in [5.74, 6) is 1.04. The molecule has 6 rings (SSSR count). The molecule has 1 aromatic carbocycles. The van der Waals surface area contributed by atoms with Gasteiger partial charge in [0.15, 0.2) is 5.65 Å². The summed E-state index contributed by atoms with van der Waals surface area (Å²) < 4.78 is 7.50. The van der Waals surface area contributed by atoms with Crippen LogP contribution in [0.2, 0.25) is 0 Å². The number of H-pyrrole nitrogens is 1. The lowest BCUT2D eigenvalue weighted by molar-refractivity contribution is -0.130. The van der Waals surface area contributed by atoms with Crippen molar-refractivity contribution in [3.05, 3.63) is 47.9 Å². The zero-order valence-electron chi connectivity index (χ0n) is 23.5. The zero-order chi connectivity index (χ0) is 27.1. The molecule has 1 N–H and O–H groups in total. The fourth-order valence-corrected chi connectivity index (χ4v) is 6.15. The van der Waals surface area contributed by atoms with Crippen LogP contribution < -0.4 is 4.90 Å². The first-order chi connectivity index (χ1) is 18.9. The van der Waals surface area contributed by atoms with Gasteiger partial charge in [-0.25, -0.2) is 9.50 Å². The van der Waals surface area contributed by atoms with Gasteiger partial charge in [0, 0.05) is 49.8 Å². The second-order valence-corrected chi connectivity index (χ2v) is 11.5. The third-order valence-electron chi connectivity index (χ3n) is 8.35. The van der Waals surface area contributed by atoms with Crippen molar-refractivity contribution in [1.29, 1.82) is 0 Å². The van der Waals surface area contributed by atoms with Crippen LogP contribution in [-0.4, -0.2) is 95.3 Å². The highest BCUT2D eigenvalue weighted by Gasteiger charge is 2.25. The highest BCUT2D eigenvalue weighted by atomic mass is 16.5. The van der Waals surface area contributed by atoms with Crippen LogP contribution in [0.1, 0.15) is 49.7 Å². The molecule has 0 aliphatic carbocycles. The molecule has 0 bridgehead atoms. The van der Waals surface area contributed by atoms with Crippen molar-refractivity contribution in [2.24, 2.45) is 0 Å². The van der Waals surface area contributed by atoms with Crippen molar-refractivity contribution in [3.63, 3.8) is 0 Å². The zero-order valence-corrected chi connectivity index (χ0v) is 23.5. The lowest BCUT2D eigenvalue weighted by Gasteiger charge is -2.32. The van der Waals surface area contributed by atoms with E-state index in [0.717, 1.165) is 80.3 Å². The van der Waals surface area contributed by atoms with Gasteiger partial charge in [-0.05, 0) is 67.1 Å². The molecule has 3 aromatic heterocycles. The van der Waals surface area contributed by atoms with Crippen molar-refractivity contribution in [3.8, 4) is 11.3 Å². The Bertz CT molecular complexity index is 1470. The number of likely N-dealkylation sites (tertiary alicyclic amines) is 1. The first-order valence-electron chi connectivity index (χ1n) is 14.1. The van der Waals surface area contributed by atoms with E-state index in [4.69, 9.17) is 4.74 Å². The summed E-state index contributed by atoms with van der Waals surface area (Å²) in [7, 11) is 3.66. The van der Waals surface area contributed by atoms with E-state index in [1.807, 2.05) is 18.6 Å². The lowest BCUT2D eigenvalue weighted by Crippen LogP contribution is -2.40. The first kappa shape index (κ1) is 25.8. The Labute approximate surface area is 229 Å². The third-order valence-corrected chi connectivity index (χ3v) is 8.35. The fourth-order valence-electron chi connectivity index (χ4n) is 6.15. The Balaban J connectivity index is 1.33. The van der Waals surface area contributed by atoms with Gasteiger partial charge >= 0.3 is 0 Å². The van der Waals surface area contributed by atoms with E-state index < -0.39 is 0 Å². The maximum Gasteiger partial charge on any atom is 0.236 e. The molecule has 2 saturated heterocycles. The molecule has 39 heavy (non-hydrogen) atoms. The van der Waals surface area contributed by atoms with Gasteiger partial charge in [0.25, 0.3) is 0 Å². The van der Waals surface area contributed by atoms with Crippen molar-refractivity contribution in [2.45, 2.75) is 38.5 Å². The number of amides is 1. The number of likely N-dealkylation sites (N-methyl/N-ethyl adjacent to an activating group) is 1. The fraction of sp³-hybridized carbons (Fsp3) is 0.500. The quantitative estimate of drug-likeness (QED) is 0.405. The normalized spacial score (nSPS) is 17.5. The van der Waals surface area contributed by atoms with E-state index in [2.05, 4.69) is 69.2 Å². The highest BCUT2D eigenvalue weighted by molar-refractivity contribution is 5.93. The summed E-state index contributed by atoms with van der Waals surface area (Å²) in [4.78, 5) is 26.8. The van der Waals surface area contributed by atoms with Gasteiger partial charge in [0.2, 0.25) is 5.91 Å². The molecular formula is C30H39N7O2. The molecule has 0 saturated carbocycles. The third kappa shape index (κ3) is 5.01. The Morgan fingerprint density at radius 2 is 1.90 bits per heavy atom. The Morgan fingerprint density at radius 3 is 2.62 bits per heavy atom. The van der Waals surface area contributed by atoms with Crippen LogP contribution in [-0.2, 0) is 9.53 Å². The number of hydrogen-bond acceptors (Lipinski definition) is 6. The maximum absolute atomic E-state index is 12.2. The molecule has 5 heterocycles. The average molecular weight is 530 g/mol. The van der Waals surface area contributed by atoms with Gasteiger partial charge in [0.05, 0.1) is 31.1 Å². The van der Waals surface area contributed by atoms with Crippen molar-refractivity contribution < 1.29 is 9.53 Å². The van der Waals surface area contributed by atoms with Crippen LogP contribution in [0.15, 0.2) is 36.8 Å². The molecule has 206 valence electrons. The van der Waals surface area contributed by atoms with Crippen LogP contribution >= 0.6 is 0 Å². The van der Waals surface area contributed by atoms with E-state index in [-0.39, 0.29) is 5.91 Å². The number of nitrogens with zero attached hydrogens (tertiary/aromatic N) is 6. The van der Waals surface area contributed by atoms with E-state index in [0.29, 0.717) is 18.4 Å².